The Kier molecular flexibility index (Phi) is 5.02. The summed E-state index contributed by atoms with van der Waals surface area (Å²) in [7, 11) is 0. The molecule has 1 rings (SSSR count). The van der Waals surface area contributed by atoms with Crippen molar-refractivity contribution < 1.29 is 19.5 Å². The molecule has 1 aromatic rings. The van der Waals surface area contributed by atoms with Crippen molar-refractivity contribution >= 4 is 23.6 Å². The van der Waals surface area contributed by atoms with Crippen LogP contribution >= 0.6 is 0 Å². The van der Waals surface area contributed by atoms with Gasteiger partial charge in [0.1, 0.15) is 0 Å². The van der Waals surface area contributed by atoms with E-state index in [0.717, 1.165) is 5.56 Å². The molecule has 20 heavy (non-hydrogen) atoms. The van der Waals surface area contributed by atoms with Gasteiger partial charge >= 0.3 is 12.0 Å². The first-order chi connectivity index (χ1) is 9.32. The highest BCUT2D eigenvalue weighted by Gasteiger charge is 2.15. The summed E-state index contributed by atoms with van der Waals surface area (Å²) < 4.78 is 0. The Balaban J connectivity index is 2.73. The first-order valence-electron chi connectivity index (χ1n) is 5.91. The van der Waals surface area contributed by atoms with Crippen LogP contribution in [0.25, 0.3) is 0 Å². The Hall–Kier alpha value is -2.63. The summed E-state index contributed by atoms with van der Waals surface area (Å²) in [4.78, 5) is 34.1. The van der Waals surface area contributed by atoms with E-state index >= 15 is 0 Å². The molecular formula is C14H16N2O4. The third-order valence-electron chi connectivity index (χ3n) is 2.84. The third kappa shape index (κ3) is 3.94. The van der Waals surface area contributed by atoms with Gasteiger partial charge in [-0.3, -0.25) is 10.1 Å². The van der Waals surface area contributed by atoms with Gasteiger partial charge in [-0.05, 0) is 32.4 Å². The smallest absolute Gasteiger partial charge is 0.331 e. The second-order valence-electron chi connectivity index (χ2n) is 4.28. The van der Waals surface area contributed by atoms with E-state index < -0.39 is 17.9 Å². The number of benzene rings is 1. The molecule has 1 aromatic carbocycles. The first-order valence-corrected chi connectivity index (χ1v) is 5.91. The van der Waals surface area contributed by atoms with Gasteiger partial charge in [-0.2, -0.15) is 0 Å². The fraction of sp³-hybridized carbons (Fsp3) is 0.214. The minimum Gasteiger partial charge on any atom is -0.478 e. The van der Waals surface area contributed by atoms with Crippen LogP contribution in [0.3, 0.4) is 0 Å². The lowest BCUT2D eigenvalue weighted by atomic mass is 10.1. The highest BCUT2D eigenvalue weighted by atomic mass is 16.4. The molecule has 0 aliphatic rings. The van der Waals surface area contributed by atoms with Crippen LogP contribution in [0.4, 0.5) is 10.5 Å². The molecule has 0 spiro atoms. The Labute approximate surface area is 116 Å². The number of carboxylic acid groups (broad SMARTS) is 1. The van der Waals surface area contributed by atoms with Gasteiger partial charge in [0.15, 0.2) is 0 Å². The Bertz CT molecular complexity index is 591. The first kappa shape index (κ1) is 15.4. The summed E-state index contributed by atoms with van der Waals surface area (Å²) in [6.45, 7) is 4.47. The predicted molar refractivity (Wildman–Crippen MR) is 74.4 cm³/mol. The largest absolute Gasteiger partial charge is 0.478 e. The molecule has 0 atom stereocenters. The predicted octanol–water partition coefficient (Wildman–Crippen LogP) is 2.06. The number of carbonyl (C=O) groups is 3. The van der Waals surface area contributed by atoms with Gasteiger partial charge < -0.3 is 10.4 Å². The Morgan fingerprint density at radius 3 is 2.20 bits per heavy atom. The van der Waals surface area contributed by atoms with E-state index in [1.807, 2.05) is 19.1 Å². The molecule has 0 saturated carbocycles. The molecule has 0 fully saturated rings. The standard InChI is InChI=1S/C14H16N2O4/c1-8-6-4-5-7-11(8)15-14(20)16-12(17)9(2)10(3)13(18)19/h4-7H,1-3H3,(H,18,19)(H2,15,16,17,20). The van der Waals surface area contributed by atoms with E-state index in [2.05, 4.69) is 10.6 Å². The molecule has 0 aromatic heterocycles. The van der Waals surface area contributed by atoms with Gasteiger partial charge in [0.25, 0.3) is 5.91 Å². The zero-order valence-corrected chi connectivity index (χ0v) is 11.5. The maximum atomic E-state index is 11.7. The van der Waals surface area contributed by atoms with Crippen LogP contribution in [0.5, 0.6) is 0 Å². The second-order valence-corrected chi connectivity index (χ2v) is 4.28. The van der Waals surface area contributed by atoms with E-state index in [0.29, 0.717) is 5.69 Å². The van der Waals surface area contributed by atoms with Gasteiger partial charge in [0, 0.05) is 16.8 Å². The van der Waals surface area contributed by atoms with Crippen molar-refractivity contribution in [3.8, 4) is 0 Å². The average Bonchev–Trinajstić information content (AvgIpc) is 2.39. The van der Waals surface area contributed by atoms with Gasteiger partial charge in [0.2, 0.25) is 0 Å². The molecule has 3 amide bonds. The summed E-state index contributed by atoms with van der Waals surface area (Å²) in [6.07, 6.45) is 0. The summed E-state index contributed by atoms with van der Waals surface area (Å²) >= 11 is 0. The van der Waals surface area contributed by atoms with Crippen molar-refractivity contribution in [3.05, 3.63) is 41.0 Å². The minimum atomic E-state index is -1.20. The lowest BCUT2D eigenvalue weighted by Gasteiger charge is -2.09. The van der Waals surface area contributed by atoms with Crippen molar-refractivity contribution in [1.82, 2.24) is 5.32 Å². The summed E-state index contributed by atoms with van der Waals surface area (Å²) in [6, 6.07) is 6.39. The number of carboxylic acids is 1. The van der Waals surface area contributed by atoms with Crippen LogP contribution < -0.4 is 10.6 Å². The second kappa shape index (κ2) is 6.51. The number of aliphatic carboxylic acids is 1. The zero-order chi connectivity index (χ0) is 15.3. The number of hydrogen-bond acceptors (Lipinski definition) is 3. The fourth-order valence-corrected chi connectivity index (χ4v) is 1.39. The number of aryl methyl sites for hydroxylation is 1. The number of imide groups is 1. The number of nitrogens with one attached hydrogen (secondary N) is 2. The lowest BCUT2D eigenvalue weighted by Crippen LogP contribution is -2.35. The summed E-state index contributed by atoms with van der Waals surface area (Å²) in [5.74, 6) is -1.94. The molecule has 106 valence electrons. The molecule has 6 nitrogen and oxygen atoms in total. The number of hydrogen-bond donors (Lipinski definition) is 3. The van der Waals surface area contributed by atoms with Crippen LogP contribution in [0.15, 0.2) is 35.4 Å². The molecule has 3 N–H and O–H groups in total. The van der Waals surface area contributed by atoms with Crippen molar-refractivity contribution in [2.24, 2.45) is 0 Å². The van der Waals surface area contributed by atoms with Gasteiger partial charge in [-0.25, -0.2) is 9.59 Å². The van der Waals surface area contributed by atoms with Crippen LogP contribution in [0.1, 0.15) is 19.4 Å². The number of rotatable bonds is 3. The van der Waals surface area contributed by atoms with Crippen molar-refractivity contribution in [2.45, 2.75) is 20.8 Å². The molecule has 0 unspecified atom stereocenters. The summed E-state index contributed by atoms with van der Waals surface area (Å²) in [5.41, 5.74) is 1.31. The van der Waals surface area contributed by atoms with Crippen molar-refractivity contribution in [2.75, 3.05) is 5.32 Å². The third-order valence-corrected chi connectivity index (χ3v) is 2.84. The SMILES string of the molecule is CC(C(=O)O)=C(C)C(=O)NC(=O)Nc1ccccc1C. The van der Waals surface area contributed by atoms with Crippen molar-refractivity contribution in [1.29, 1.82) is 0 Å². The zero-order valence-electron chi connectivity index (χ0n) is 11.5. The number of amides is 3. The monoisotopic (exact) mass is 276 g/mol. The van der Waals surface area contributed by atoms with Crippen LogP contribution in [0.2, 0.25) is 0 Å². The van der Waals surface area contributed by atoms with Crippen LogP contribution in [-0.4, -0.2) is 23.0 Å². The maximum Gasteiger partial charge on any atom is 0.331 e. The molecule has 0 heterocycles. The quantitative estimate of drug-likeness (QED) is 0.736. The Morgan fingerprint density at radius 2 is 1.65 bits per heavy atom. The normalized spacial score (nSPS) is 11.3. The van der Waals surface area contributed by atoms with E-state index in [4.69, 9.17) is 5.11 Å². The minimum absolute atomic E-state index is 0.0163. The van der Waals surface area contributed by atoms with Crippen molar-refractivity contribution in [3.63, 3.8) is 0 Å². The molecule has 0 aliphatic heterocycles. The molecule has 0 radical (unpaired) electrons. The lowest BCUT2D eigenvalue weighted by molar-refractivity contribution is -0.133. The fourth-order valence-electron chi connectivity index (χ4n) is 1.39. The molecule has 6 heteroatoms. The molecule has 0 aliphatic carbocycles. The molecule has 0 bridgehead atoms. The van der Waals surface area contributed by atoms with E-state index in [1.165, 1.54) is 13.8 Å². The number of carbonyl (C=O) groups excluding carboxylic acids is 2. The number of urea groups is 1. The molecular weight excluding hydrogens is 260 g/mol. The summed E-state index contributed by atoms with van der Waals surface area (Å²) in [5, 5.41) is 13.4. The highest BCUT2D eigenvalue weighted by molar-refractivity contribution is 6.10. The van der Waals surface area contributed by atoms with Crippen LogP contribution in [-0.2, 0) is 9.59 Å². The van der Waals surface area contributed by atoms with Crippen LogP contribution in [0, 0.1) is 6.92 Å². The van der Waals surface area contributed by atoms with E-state index in [1.54, 1.807) is 12.1 Å². The number of anilines is 1. The van der Waals surface area contributed by atoms with E-state index in [-0.39, 0.29) is 11.1 Å². The highest BCUT2D eigenvalue weighted by Crippen LogP contribution is 2.12. The molecule has 0 saturated heterocycles. The van der Waals surface area contributed by atoms with Gasteiger partial charge in [-0.1, -0.05) is 18.2 Å². The number of para-hydroxylation sites is 1. The van der Waals surface area contributed by atoms with E-state index in [9.17, 15) is 14.4 Å². The maximum absolute atomic E-state index is 11.7. The topological polar surface area (TPSA) is 95.5 Å². The Morgan fingerprint density at radius 1 is 1.05 bits per heavy atom. The van der Waals surface area contributed by atoms with Gasteiger partial charge in [0.05, 0.1) is 0 Å². The average molecular weight is 276 g/mol. The van der Waals surface area contributed by atoms with Gasteiger partial charge in [-0.15, -0.1) is 0 Å².